The second kappa shape index (κ2) is 6.93. The third-order valence-corrected chi connectivity index (χ3v) is 4.08. The third-order valence-electron chi connectivity index (χ3n) is 3.85. The minimum absolute atomic E-state index is 0.128. The lowest BCUT2D eigenvalue weighted by Gasteiger charge is -2.06. The molecule has 2 aromatic carbocycles. The van der Waals surface area contributed by atoms with E-state index in [4.69, 9.17) is 16.1 Å². The fourth-order valence-electron chi connectivity index (χ4n) is 2.60. The molecule has 7 heteroatoms. The summed E-state index contributed by atoms with van der Waals surface area (Å²) in [5.74, 6) is 0.545. The van der Waals surface area contributed by atoms with Crippen LogP contribution in [0.5, 0.6) is 0 Å². The highest BCUT2D eigenvalue weighted by Crippen LogP contribution is 2.21. The van der Waals surface area contributed by atoms with Gasteiger partial charge in [-0.1, -0.05) is 47.1 Å². The van der Waals surface area contributed by atoms with Crippen molar-refractivity contribution in [1.82, 2.24) is 20.4 Å². The van der Waals surface area contributed by atoms with Crippen LogP contribution < -0.4 is 5.32 Å². The van der Waals surface area contributed by atoms with Gasteiger partial charge < -0.3 is 9.84 Å². The lowest BCUT2D eigenvalue weighted by molar-refractivity contribution is 0.0948. The van der Waals surface area contributed by atoms with Gasteiger partial charge in [0, 0.05) is 22.2 Å². The first-order chi connectivity index (χ1) is 12.7. The molecule has 0 spiro atoms. The Bertz CT molecular complexity index is 1080. The number of hydrogen-bond donors (Lipinski definition) is 1. The van der Waals surface area contributed by atoms with Gasteiger partial charge in [0.1, 0.15) is 0 Å². The molecule has 0 aliphatic rings. The molecule has 1 amide bonds. The van der Waals surface area contributed by atoms with E-state index in [0.29, 0.717) is 33.2 Å². The molecule has 2 aromatic heterocycles. The van der Waals surface area contributed by atoms with E-state index in [-0.39, 0.29) is 12.5 Å². The van der Waals surface area contributed by atoms with Gasteiger partial charge in [-0.15, -0.1) is 0 Å². The second-order valence-electron chi connectivity index (χ2n) is 5.58. The largest absolute Gasteiger partial charge is 0.343 e. The smallest absolute Gasteiger partial charge is 0.252 e. The molecule has 0 atom stereocenters. The topological polar surface area (TPSA) is 80.9 Å². The first-order valence-corrected chi connectivity index (χ1v) is 8.29. The third kappa shape index (κ3) is 3.27. The van der Waals surface area contributed by atoms with Crippen LogP contribution in [0, 0.1) is 0 Å². The molecular formula is C19H13ClN4O2. The maximum Gasteiger partial charge on any atom is 0.252 e. The normalized spacial score (nSPS) is 10.8. The minimum atomic E-state index is -0.265. The lowest BCUT2D eigenvalue weighted by atomic mass is 10.1. The Hall–Kier alpha value is -3.25. The van der Waals surface area contributed by atoms with Crippen molar-refractivity contribution in [3.63, 3.8) is 0 Å². The van der Waals surface area contributed by atoms with E-state index in [9.17, 15) is 4.79 Å². The number of rotatable bonds is 4. The molecule has 6 nitrogen and oxygen atoms in total. The molecule has 0 bridgehead atoms. The van der Waals surface area contributed by atoms with Crippen molar-refractivity contribution in [2.24, 2.45) is 0 Å². The van der Waals surface area contributed by atoms with Crippen LogP contribution in [0.15, 0.2) is 65.3 Å². The quantitative estimate of drug-likeness (QED) is 0.594. The predicted octanol–water partition coefficient (Wildman–Crippen LogP) is 3.87. The summed E-state index contributed by atoms with van der Waals surface area (Å²) in [6, 6.07) is 16.4. The first kappa shape index (κ1) is 16.2. The zero-order valence-electron chi connectivity index (χ0n) is 13.5. The molecule has 0 radical (unpaired) electrons. The number of nitrogens with one attached hydrogen (secondary N) is 1. The number of fused-ring (bicyclic) bond motifs is 1. The maximum atomic E-state index is 12.5. The van der Waals surface area contributed by atoms with E-state index in [1.165, 1.54) is 0 Å². The molecule has 26 heavy (non-hydrogen) atoms. The number of benzene rings is 2. The Morgan fingerprint density at radius 3 is 2.81 bits per heavy atom. The Kier molecular flexibility index (Phi) is 4.33. The van der Waals surface area contributed by atoms with Gasteiger partial charge in [0.25, 0.3) is 5.91 Å². The molecule has 1 N–H and O–H groups in total. The fourth-order valence-corrected chi connectivity index (χ4v) is 2.77. The summed E-state index contributed by atoms with van der Waals surface area (Å²) < 4.78 is 5.20. The summed E-state index contributed by atoms with van der Waals surface area (Å²) in [5.41, 5.74) is 2.04. The van der Waals surface area contributed by atoms with Crippen LogP contribution >= 0.6 is 11.6 Å². The van der Waals surface area contributed by atoms with Gasteiger partial charge in [-0.25, -0.2) is 0 Å². The number of carbonyl (C=O) groups is 1. The summed E-state index contributed by atoms with van der Waals surface area (Å²) in [7, 11) is 0. The molecule has 0 saturated heterocycles. The van der Waals surface area contributed by atoms with Crippen LogP contribution in [-0.2, 0) is 6.54 Å². The van der Waals surface area contributed by atoms with Crippen LogP contribution in [0.1, 0.15) is 16.2 Å². The van der Waals surface area contributed by atoms with Crippen LogP contribution in [-0.4, -0.2) is 21.0 Å². The average Bonchev–Trinajstić information content (AvgIpc) is 3.15. The number of pyridine rings is 1. The molecule has 2 heterocycles. The van der Waals surface area contributed by atoms with Gasteiger partial charge in [0.05, 0.1) is 17.6 Å². The molecular weight excluding hydrogens is 352 g/mol. The number of aromatic nitrogens is 3. The van der Waals surface area contributed by atoms with E-state index < -0.39 is 0 Å². The zero-order valence-corrected chi connectivity index (χ0v) is 14.3. The van der Waals surface area contributed by atoms with E-state index in [1.54, 1.807) is 30.5 Å². The maximum absolute atomic E-state index is 12.5. The number of nitrogens with zero attached hydrogens (tertiary/aromatic N) is 3. The number of halogens is 1. The zero-order chi connectivity index (χ0) is 17.9. The van der Waals surface area contributed by atoms with Crippen molar-refractivity contribution < 1.29 is 9.32 Å². The summed E-state index contributed by atoms with van der Waals surface area (Å²) in [6.07, 6.45) is 1.59. The Morgan fingerprint density at radius 1 is 1.12 bits per heavy atom. The highest BCUT2D eigenvalue weighted by atomic mass is 35.5. The lowest BCUT2D eigenvalue weighted by Crippen LogP contribution is -2.23. The molecule has 0 saturated carbocycles. The van der Waals surface area contributed by atoms with Crippen LogP contribution in [0.4, 0.5) is 0 Å². The molecule has 0 unspecified atom stereocenters. The summed E-state index contributed by atoms with van der Waals surface area (Å²) >= 11 is 6.04. The summed E-state index contributed by atoms with van der Waals surface area (Å²) in [4.78, 5) is 21.1. The van der Waals surface area contributed by atoms with Crippen LogP contribution in [0.25, 0.3) is 22.3 Å². The van der Waals surface area contributed by atoms with E-state index in [0.717, 1.165) is 5.56 Å². The molecule has 0 aliphatic heterocycles. The minimum Gasteiger partial charge on any atom is -0.343 e. The summed E-state index contributed by atoms with van der Waals surface area (Å²) in [5, 5.41) is 7.95. The SMILES string of the molecule is O=C(NCc1nc(-c2ccccc2)no1)c1ccnc2ccc(Cl)cc12. The van der Waals surface area contributed by atoms with Crippen molar-refractivity contribution in [3.05, 3.63) is 77.3 Å². The number of amides is 1. The summed E-state index contributed by atoms with van der Waals surface area (Å²) in [6.45, 7) is 0.128. The molecule has 0 fully saturated rings. The van der Waals surface area contributed by atoms with Crippen molar-refractivity contribution in [1.29, 1.82) is 0 Å². The highest BCUT2D eigenvalue weighted by molar-refractivity contribution is 6.31. The van der Waals surface area contributed by atoms with Crippen LogP contribution in [0.2, 0.25) is 5.02 Å². The van der Waals surface area contributed by atoms with Crippen molar-refractivity contribution in [3.8, 4) is 11.4 Å². The fraction of sp³-hybridized carbons (Fsp3) is 0.0526. The molecule has 128 valence electrons. The van der Waals surface area contributed by atoms with Crippen molar-refractivity contribution >= 4 is 28.4 Å². The van der Waals surface area contributed by atoms with E-state index in [1.807, 2.05) is 30.3 Å². The van der Waals surface area contributed by atoms with Gasteiger partial charge in [0.2, 0.25) is 11.7 Å². The van der Waals surface area contributed by atoms with Gasteiger partial charge in [-0.3, -0.25) is 9.78 Å². The highest BCUT2D eigenvalue weighted by Gasteiger charge is 2.13. The van der Waals surface area contributed by atoms with Gasteiger partial charge in [-0.05, 0) is 24.3 Å². The molecule has 4 rings (SSSR count). The molecule has 0 aliphatic carbocycles. The van der Waals surface area contributed by atoms with E-state index >= 15 is 0 Å². The Balaban J connectivity index is 1.51. The van der Waals surface area contributed by atoms with Crippen LogP contribution in [0.3, 0.4) is 0 Å². The van der Waals surface area contributed by atoms with Gasteiger partial charge in [-0.2, -0.15) is 4.98 Å². The van der Waals surface area contributed by atoms with E-state index in [2.05, 4.69) is 20.4 Å². The Morgan fingerprint density at radius 2 is 1.96 bits per heavy atom. The second-order valence-corrected chi connectivity index (χ2v) is 6.02. The number of hydrogen-bond acceptors (Lipinski definition) is 5. The van der Waals surface area contributed by atoms with Crippen molar-refractivity contribution in [2.45, 2.75) is 6.54 Å². The average molecular weight is 365 g/mol. The monoisotopic (exact) mass is 364 g/mol. The number of carbonyl (C=O) groups excluding carboxylic acids is 1. The van der Waals surface area contributed by atoms with Crippen molar-refractivity contribution in [2.75, 3.05) is 0 Å². The van der Waals surface area contributed by atoms with Gasteiger partial charge >= 0.3 is 0 Å². The first-order valence-electron chi connectivity index (χ1n) is 7.91. The molecule has 4 aromatic rings. The standard InChI is InChI=1S/C19H13ClN4O2/c20-13-6-7-16-15(10-13)14(8-9-21-16)19(25)22-11-17-23-18(24-26-17)12-4-2-1-3-5-12/h1-10H,11H2,(H,22,25). The predicted molar refractivity (Wildman–Crippen MR) is 97.7 cm³/mol. The Labute approximate surface area is 153 Å². The van der Waals surface area contributed by atoms with Gasteiger partial charge in [0.15, 0.2) is 0 Å².